The van der Waals surface area contributed by atoms with Gasteiger partial charge in [0.15, 0.2) is 7.14 Å². The Morgan fingerprint density at radius 2 is 1.38 bits per heavy atom. The zero-order chi connectivity index (χ0) is 17.8. The topological polar surface area (TPSA) is 60.7 Å². The monoisotopic (exact) mass is 360 g/mol. The van der Waals surface area contributed by atoms with Gasteiger partial charge in [0.1, 0.15) is 12.0 Å². The van der Waals surface area contributed by atoms with Gasteiger partial charge in [-0.05, 0) is 12.1 Å². The molecular weight excluding hydrogens is 343 g/mol. The molecular formula is C20H17N4OP. The lowest BCUT2D eigenvalue weighted by molar-refractivity contribution is 0.571. The number of rotatable bonds is 5. The third-order valence-corrected chi connectivity index (χ3v) is 7.11. The summed E-state index contributed by atoms with van der Waals surface area (Å²) in [5, 5.41) is 9.98. The first-order chi connectivity index (χ1) is 12.8. The van der Waals surface area contributed by atoms with Gasteiger partial charge >= 0.3 is 0 Å². The van der Waals surface area contributed by atoms with Crippen LogP contribution in [0.2, 0.25) is 0 Å². The highest BCUT2D eigenvalue weighted by Crippen LogP contribution is 2.44. The van der Waals surface area contributed by atoms with E-state index in [9.17, 15) is 4.57 Å². The van der Waals surface area contributed by atoms with Crippen LogP contribution in [0.25, 0.3) is 11.4 Å². The van der Waals surface area contributed by atoms with Gasteiger partial charge in [-0.2, -0.15) is 0 Å². The Hall–Kier alpha value is -3.04. The molecule has 2 heterocycles. The molecule has 0 aliphatic rings. The van der Waals surface area contributed by atoms with Crippen molar-refractivity contribution in [3.8, 4) is 11.4 Å². The molecule has 0 fully saturated rings. The van der Waals surface area contributed by atoms with Gasteiger partial charge in [-0.3, -0.25) is 4.98 Å². The van der Waals surface area contributed by atoms with Crippen molar-refractivity contribution in [2.24, 2.45) is 0 Å². The largest absolute Gasteiger partial charge is 0.312 e. The second-order valence-electron chi connectivity index (χ2n) is 5.91. The number of pyridine rings is 1. The molecule has 0 unspecified atom stereocenters. The maximum Gasteiger partial charge on any atom is 0.163 e. The summed E-state index contributed by atoms with van der Waals surface area (Å²) in [5.74, 6) is 0. The second kappa shape index (κ2) is 7.06. The van der Waals surface area contributed by atoms with E-state index in [0.29, 0.717) is 5.69 Å². The Bertz CT molecular complexity index is 990. The van der Waals surface area contributed by atoms with Crippen molar-refractivity contribution in [2.75, 3.05) is 0 Å². The van der Waals surface area contributed by atoms with Crippen LogP contribution in [0.4, 0.5) is 0 Å². The smallest absolute Gasteiger partial charge is 0.163 e. The number of nitrogens with zero attached hydrogens (tertiary/aromatic N) is 4. The summed E-state index contributed by atoms with van der Waals surface area (Å²) in [5.41, 5.74) is 1.41. The molecule has 26 heavy (non-hydrogen) atoms. The van der Waals surface area contributed by atoms with Crippen LogP contribution in [-0.4, -0.2) is 20.0 Å². The van der Waals surface area contributed by atoms with Crippen molar-refractivity contribution < 1.29 is 4.57 Å². The molecule has 128 valence electrons. The lowest BCUT2D eigenvalue weighted by atomic mass is 10.3. The summed E-state index contributed by atoms with van der Waals surface area (Å²) in [4.78, 5) is 4.29. The minimum Gasteiger partial charge on any atom is -0.312 e. The molecule has 0 amide bonds. The molecule has 0 aliphatic carbocycles. The molecule has 4 aromatic rings. The maximum absolute atomic E-state index is 14.0. The van der Waals surface area contributed by atoms with Crippen LogP contribution >= 0.6 is 7.14 Å². The first-order valence-corrected chi connectivity index (χ1v) is 10.2. The average Bonchev–Trinajstić information content (AvgIpc) is 3.18. The van der Waals surface area contributed by atoms with Crippen LogP contribution in [0.15, 0.2) is 91.3 Å². The van der Waals surface area contributed by atoms with Crippen LogP contribution in [0.1, 0.15) is 0 Å². The Kier molecular flexibility index (Phi) is 4.46. The van der Waals surface area contributed by atoms with Gasteiger partial charge in [-0.15, -0.1) is 5.10 Å². The van der Waals surface area contributed by atoms with E-state index < -0.39 is 7.14 Å². The fourth-order valence-corrected chi connectivity index (χ4v) is 5.33. The van der Waals surface area contributed by atoms with E-state index in [0.717, 1.165) is 16.3 Å². The summed E-state index contributed by atoms with van der Waals surface area (Å²) in [6.07, 6.45) is 3.76. The molecule has 0 spiro atoms. The van der Waals surface area contributed by atoms with Gasteiger partial charge < -0.3 is 4.57 Å². The number of hydrogen-bond donors (Lipinski definition) is 0. The Balaban J connectivity index is 1.73. The molecule has 2 aromatic carbocycles. The lowest BCUT2D eigenvalue weighted by Crippen LogP contribution is -2.20. The average molecular weight is 360 g/mol. The van der Waals surface area contributed by atoms with E-state index in [1.54, 1.807) is 17.1 Å². The van der Waals surface area contributed by atoms with Crippen molar-refractivity contribution in [1.82, 2.24) is 20.0 Å². The minimum atomic E-state index is -2.88. The van der Waals surface area contributed by atoms with Gasteiger partial charge in [-0.25, -0.2) is 4.68 Å². The van der Waals surface area contributed by atoms with E-state index >= 15 is 0 Å². The van der Waals surface area contributed by atoms with E-state index in [1.165, 1.54) is 0 Å². The van der Waals surface area contributed by atoms with Crippen LogP contribution in [0.5, 0.6) is 0 Å². The molecule has 2 aromatic heterocycles. The Morgan fingerprint density at radius 1 is 0.769 bits per heavy atom. The third-order valence-electron chi connectivity index (χ3n) is 4.16. The molecule has 0 radical (unpaired) electrons. The highest BCUT2D eigenvalue weighted by atomic mass is 31.2. The quantitative estimate of drug-likeness (QED) is 0.512. The Labute approximate surface area is 151 Å². The summed E-state index contributed by atoms with van der Waals surface area (Å²) < 4.78 is 15.7. The van der Waals surface area contributed by atoms with Gasteiger partial charge in [0.2, 0.25) is 0 Å². The predicted octanol–water partition coefficient (Wildman–Crippen LogP) is 3.31. The normalized spacial score (nSPS) is 11.4. The summed E-state index contributed by atoms with van der Waals surface area (Å²) >= 11 is 0. The molecule has 0 bridgehead atoms. The number of aromatic nitrogens is 4. The summed E-state index contributed by atoms with van der Waals surface area (Å²) in [6.45, 7) is 0. The molecule has 0 aliphatic heterocycles. The predicted molar refractivity (Wildman–Crippen MR) is 103 cm³/mol. The lowest BCUT2D eigenvalue weighted by Gasteiger charge is -2.19. The van der Waals surface area contributed by atoms with Crippen LogP contribution in [-0.2, 0) is 10.9 Å². The fourth-order valence-electron chi connectivity index (χ4n) is 2.85. The molecule has 6 heteroatoms. The standard InChI is InChI=1S/C20H17N4OP/c25-26(17-9-3-1-4-10-17,18-11-5-2-6-12-18)16-24-15-20(22-23-24)19-13-7-8-14-21-19/h1-15H,16H2. The van der Waals surface area contributed by atoms with Crippen molar-refractivity contribution in [2.45, 2.75) is 6.29 Å². The van der Waals surface area contributed by atoms with E-state index in [-0.39, 0.29) is 6.29 Å². The molecule has 0 saturated heterocycles. The first-order valence-electron chi connectivity index (χ1n) is 8.27. The fraction of sp³-hybridized carbons (Fsp3) is 0.0500. The maximum atomic E-state index is 14.0. The molecule has 0 saturated carbocycles. The number of hydrogen-bond acceptors (Lipinski definition) is 4. The molecule has 0 atom stereocenters. The van der Waals surface area contributed by atoms with Gasteiger partial charge in [0.25, 0.3) is 0 Å². The molecule has 0 N–H and O–H groups in total. The van der Waals surface area contributed by atoms with E-state index in [4.69, 9.17) is 0 Å². The SMILES string of the molecule is O=P(Cn1cc(-c2ccccn2)nn1)(c1ccccc1)c1ccccc1. The van der Waals surface area contributed by atoms with Crippen LogP contribution in [0.3, 0.4) is 0 Å². The highest BCUT2D eigenvalue weighted by molar-refractivity contribution is 7.77. The Morgan fingerprint density at radius 3 is 1.96 bits per heavy atom. The van der Waals surface area contributed by atoms with Crippen molar-refractivity contribution in [1.29, 1.82) is 0 Å². The van der Waals surface area contributed by atoms with Crippen molar-refractivity contribution in [3.63, 3.8) is 0 Å². The van der Waals surface area contributed by atoms with Crippen LogP contribution < -0.4 is 10.6 Å². The second-order valence-corrected chi connectivity index (χ2v) is 8.71. The summed E-state index contributed by atoms with van der Waals surface area (Å²) in [6, 6.07) is 24.7. The highest BCUT2D eigenvalue weighted by Gasteiger charge is 2.28. The van der Waals surface area contributed by atoms with Crippen molar-refractivity contribution >= 4 is 17.8 Å². The first kappa shape index (κ1) is 16.4. The van der Waals surface area contributed by atoms with Crippen LogP contribution in [0, 0.1) is 0 Å². The molecule has 5 nitrogen and oxygen atoms in total. The van der Waals surface area contributed by atoms with Gasteiger partial charge in [-0.1, -0.05) is 71.9 Å². The van der Waals surface area contributed by atoms with Gasteiger partial charge in [0, 0.05) is 16.8 Å². The summed E-state index contributed by atoms with van der Waals surface area (Å²) in [7, 11) is -2.88. The third kappa shape index (κ3) is 3.22. The minimum absolute atomic E-state index is 0.251. The number of benzene rings is 2. The van der Waals surface area contributed by atoms with E-state index in [2.05, 4.69) is 15.3 Å². The zero-order valence-corrected chi connectivity index (χ0v) is 14.9. The van der Waals surface area contributed by atoms with Gasteiger partial charge in [0.05, 0.1) is 11.9 Å². The van der Waals surface area contributed by atoms with Crippen molar-refractivity contribution in [3.05, 3.63) is 91.3 Å². The zero-order valence-electron chi connectivity index (χ0n) is 14.0. The van der Waals surface area contributed by atoms with E-state index in [1.807, 2.05) is 78.9 Å². The molecule has 4 rings (SSSR count).